The largest absolute Gasteiger partial charge is 0.464 e. The quantitative estimate of drug-likeness (QED) is 0.148. The average molecular weight is 901 g/mol. The molecule has 7 nitrogen and oxygen atoms in total. The van der Waals surface area contributed by atoms with Crippen molar-refractivity contribution in [2.24, 2.45) is 9.98 Å². The van der Waals surface area contributed by atoms with Gasteiger partial charge in [-0.15, -0.1) is 0 Å². The van der Waals surface area contributed by atoms with Crippen molar-refractivity contribution < 1.29 is 4.74 Å². The molecule has 3 heterocycles. The molecule has 0 aliphatic carbocycles. The maximum Gasteiger partial charge on any atom is 0.196 e. The summed E-state index contributed by atoms with van der Waals surface area (Å²) < 4.78 is 6.46. The van der Waals surface area contributed by atoms with E-state index < -0.39 is 0 Å². The third kappa shape index (κ3) is 8.48. The number of para-hydroxylation sites is 2. The third-order valence-electron chi connectivity index (χ3n) is 12.7. The fraction of sp³-hybridized carbons (Fsp3) is 0.0317. The van der Waals surface area contributed by atoms with Crippen LogP contribution in [-0.4, -0.2) is 26.5 Å². The highest BCUT2D eigenvalue weighted by Gasteiger charge is 2.25. The number of aliphatic imine (C=N–C) groups is 2. The number of allylic oxidation sites excluding steroid dienone is 1. The van der Waals surface area contributed by atoms with Crippen LogP contribution < -0.4 is 10.1 Å². The van der Waals surface area contributed by atoms with Crippen molar-refractivity contribution in [3.05, 3.63) is 265 Å². The molecule has 0 fully saturated rings. The number of nitrogens with one attached hydrogen (secondary N) is 1. The van der Waals surface area contributed by atoms with Crippen molar-refractivity contribution in [2.75, 3.05) is 5.32 Å². The number of benzene rings is 9. The van der Waals surface area contributed by atoms with Gasteiger partial charge >= 0.3 is 0 Å². The van der Waals surface area contributed by atoms with Crippen LogP contribution in [-0.2, 0) is 0 Å². The molecule has 9 aromatic carbocycles. The summed E-state index contributed by atoms with van der Waals surface area (Å²) in [6.45, 7) is 0. The van der Waals surface area contributed by atoms with Gasteiger partial charge in [0.25, 0.3) is 0 Å². The van der Waals surface area contributed by atoms with E-state index in [4.69, 9.17) is 29.7 Å². The lowest BCUT2D eigenvalue weighted by Crippen LogP contribution is -2.10. The predicted octanol–water partition coefficient (Wildman–Crippen LogP) is 15.1. The number of hydrogen-bond acceptors (Lipinski definition) is 7. The van der Waals surface area contributed by atoms with E-state index in [2.05, 4.69) is 163 Å². The maximum absolute atomic E-state index is 6.46. The Morgan fingerprint density at radius 2 is 0.900 bits per heavy atom. The first-order chi connectivity index (χ1) is 34.7. The van der Waals surface area contributed by atoms with Crippen molar-refractivity contribution >= 4 is 22.9 Å². The van der Waals surface area contributed by atoms with Gasteiger partial charge in [0.2, 0.25) is 0 Å². The van der Waals surface area contributed by atoms with Gasteiger partial charge < -0.3 is 10.1 Å². The van der Waals surface area contributed by atoms with Gasteiger partial charge in [-0.3, -0.25) is 0 Å². The number of anilines is 1. The first kappa shape index (κ1) is 42.1. The van der Waals surface area contributed by atoms with Crippen molar-refractivity contribution in [3.8, 4) is 73.3 Å². The zero-order valence-electron chi connectivity index (χ0n) is 38.0. The molecular formula is C63H44N6O. The summed E-state index contributed by atoms with van der Waals surface area (Å²) in [6.07, 6.45) is 2.45. The molecule has 0 saturated carbocycles. The summed E-state index contributed by atoms with van der Waals surface area (Å²) in [5.41, 5.74) is 15.5. The van der Waals surface area contributed by atoms with Gasteiger partial charge in [0.15, 0.2) is 29.5 Å². The molecule has 0 amide bonds. The van der Waals surface area contributed by atoms with Crippen molar-refractivity contribution in [1.29, 1.82) is 0 Å². The topological polar surface area (TPSA) is 84.7 Å². The summed E-state index contributed by atoms with van der Waals surface area (Å²) in [4.78, 5) is 26.5. The number of hydrogen-bond donors (Lipinski definition) is 1. The monoisotopic (exact) mass is 900 g/mol. The van der Waals surface area contributed by atoms with Crippen molar-refractivity contribution in [3.63, 3.8) is 0 Å². The highest BCUT2D eigenvalue weighted by Crippen LogP contribution is 2.41. The lowest BCUT2D eigenvalue weighted by atomic mass is 9.91. The second kappa shape index (κ2) is 18.7. The summed E-state index contributed by atoms with van der Waals surface area (Å²) in [5, 5.41) is 3.58. The van der Waals surface area contributed by atoms with E-state index in [9.17, 15) is 0 Å². The molecule has 0 radical (unpaired) electrons. The van der Waals surface area contributed by atoms with Crippen LogP contribution in [0.4, 0.5) is 5.69 Å². The molecule has 0 spiro atoms. The molecule has 12 rings (SSSR count). The first-order valence-electron chi connectivity index (χ1n) is 23.5. The number of nitrogens with zero attached hydrogens (tertiary/aromatic N) is 5. The Morgan fingerprint density at radius 3 is 1.57 bits per heavy atom. The van der Waals surface area contributed by atoms with Gasteiger partial charge in [-0.1, -0.05) is 212 Å². The van der Waals surface area contributed by atoms with Crippen LogP contribution in [0.1, 0.15) is 34.9 Å². The van der Waals surface area contributed by atoms with E-state index in [0.29, 0.717) is 29.7 Å². The molecule has 0 bridgehead atoms. The van der Waals surface area contributed by atoms with Gasteiger partial charge in [0.1, 0.15) is 5.75 Å². The molecule has 332 valence electrons. The minimum absolute atomic E-state index is 0.362. The third-order valence-corrected chi connectivity index (χ3v) is 12.7. The summed E-state index contributed by atoms with van der Waals surface area (Å²) in [7, 11) is 0. The molecule has 0 saturated heterocycles. The molecule has 7 heteroatoms. The van der Waals surface area contributed by atoms with E-state index in [-0.39, 0.29) is 6.23 Å². The fourth-order valence-electron chi connectivity index (χ4n) is 9.24. The van der Waals surface area contributed by atoms with E-state index >= 15 is 0 Å². The zero-order chi connectivity index (χ0) is 46.6. The molecular weight excluding hydrogens is 857 g/mol. The molecule has 1 aromatic heterocycles. The van der Waals surface area contributed by atoms with Gasteiger partial charge in [0.05, 0.1) is 17.1 Å². The van der Waals surface area contributed by atoms with Crippen LogP contribution in [0.2, 0.25) is 0 Å². The Balaban J connectivity index is 1.04. The minimum atomic E-state index is -0.362. The molecule has 2 aliphatic heterocycles. The number of fused-ring (bicyclic) bond motifs is 1. The predicted molar refractivity (Wildman–Crippen MR) is 284 cm³/mol. The number of aromatic nitrogens is 3. The Hall–Kier alpha value is -9.33. The van der Waals surface area contributed by atoms with Crippen LogP contribution in [0.15, 0.2) is 253 Å². The molecule has 70 heavy (non-hydrogen) atoms. The second-order valence-electron chi connectivity index (χ2n) is 17.2. The lowest BCUT2D eigenvalue weighted by molar-refractivity contribution is 0.260. The Labute approximate surface area is 407 Å². The van der Waals surface area contributed by atoms with Crippen molar-refractivity contribution in [1.82, 2.24) is 15.0 Å². The zero-order valence-corrected chi connectivity index (χ0v) is 38.0. The van der Waals surface area contributed by atoms with Crippen LogP contribution in [0, 0.1) is 0 Å². The second-order valence-corrected chi connectivity index (χ2v) is 17.2. The van der Waals surface area contributed by atoms with E-state index in [1.165, 1.54) is 0 Å². The van der Waals surface area contributed by atoms with E-state index in [1.54, 1.807) is 0 Å². The van der Waals surface area contributed by atoms with Gasteiger partial charge in [-0.2, -0.15) is 0 Å². The van der Waals surface area contributed by atoms with Crippen LogP contribution in [0.25, 0.3) is 73.2 Å². The van der Waals surface area contributed by atoms with Crippen LogP contribution >= 0.6 is 0 Å². The highest BCUT2D eigenvalue weighted by atomic mass is 16.5. The standard InChI is InChI=1S/C63H44N6O/c1-5-20-42(21-6-1)49-30-13-15-32-51(49)61-67-59(45-26-11-4-12-27-45)68-62(69-61)52-33-16-14-31-50(52)47-36-37-53(54(41-47)46-28-19-29-48(40-46)63-66-57-34-17-18-35-58(57)70-63)60-64-55(43-22-7-2-8-23-43)38-39-56(65-60)44-24-9-3-10-25-44/h1-38,40-41,63,66H,39H2. The van der Waals surface area contributed by atoms with Gasteiger partial charge in [-0.05, 0) is 74.8 Å². The molecule has 1 unspecified atom stereocenters. The first-order valence-corrected chi connectivity index (χ1v) is 23.5. The minimum Gasteiger partial charge on any atom is -0.464 e. The smallest absolute Gasteiger partial charge is 0.196 e. The summed E-state index contributed by atoms with van der Waals surface area (Å²) >= 11 is 0. The van der Waals surface area contributed by atoms with Gasteiger partial charge in [-0.25, -0.2) is 24.9 Å². The summed E-state index contributed by atoms with van der Waals surface area (Å²) in [6, 6.07) is 81.1. The average Bonchev–Trinajstić information content (AvgIpc) is 3.76. The Bertz CT molecular complexity index is 3600. The highest BCUT2D eigenvalue weighted by molar-refractivity contribution is 6.17. The summed E-state index contributed by atoms with van der Waals surface area (Å²) in [5.74, 6) is 3.21. The molecule has 1 N–H and O–H groups in total. The van der Waals surface area contributed by atoms with E-state index in [1.807, 2.05) is 84.9 Å². The molecule has 2 aliphatic rings. The maximum atomic E-state index is 6.46. The molecule has 1 atom stereocenters. The normalized spacial score (nSPS) is 14.0. The van der Waals surface area contributed by atoms with Gasteiger partial charge in [0, 0.05) is 34.2 Å². The number of amidine groups is 1. The molecule has 10 aromatic rings. The Kier molecular flexibility index (Phi) is 11.3. The van der Waals surface area contributed by atoms with E-state index in [0.717, 1.165) is 95.2 Å². The van der Waals surface area contributed by atoms with Crippen LogP contribution in [0.3, 0.4) is 0 Å². The fourth-order valence-corrected chi connectivity index (χ4v) is 9.24. The lowest BCUT2D eigenvalue weighted by Gasteiger charge is -2.17. The van der Waals surface area contributed by atoms with Crippen molar-refractivity contribution in [2.45, 2.75) is 12.6 Å². The Morgan fingerprint density at radius 1 is 0.371 bits per heavy atom. The SMILES string of the molecule is C1=C(c2ccccc2)N=C(c2ccc(-c3ccccc3-c3nc(-c4ccccc4)nc(-c4ccccc4-c4ccccc4)n3)cc2-c2cccc(C3Nc4ccccc4O3)c2)N=C(c2ccccc2)C1. The number of ether oxygens (including phenoxy) is 1. The number of rotatable bonds is 10. The van der Waals surface area contributed by atoms with Crippen LogP contribution in [0.5, 0.6) is 5.75 Å².